The van der Waals surface area contributed by atoms with Crippen molar-refractivity contribution >= 4 is 5.97 Å². The molecule has 1 aliphatic rings. The third kappa shape index (κ3) is 3.47. The highest BCUT2D eigenvalue weighted by Crippen LogP contribution is 2.25. The van der Waals surface area contributed by atoms with Gasteiger partial charge in [-0.25, -0.2) is 0 Å². The van der Waals surface area contributed by atoms with Crippen LogP contribution in [-0.2, 0) is 22.4 Å². The molecule has 0 bridgehead atoms. The summed E-state index contributed by atoms with van der Waals surface area (Å²) in [5.41, 5.74) is 2.81. The van der Waals surface area contributed by atoms with Crippen LogP contribution in [0.1, 0.15) is 24.0 Å². The van der Waals surface area contributed by atoms with E-state index in [0.29, 0.717) is 0 Å². The highest BCUT2D eigenvalue weighted by molar-refractivity contribution is 5.75. The van der Waals surface area contributed by atoms with Crippen LogP contribution >= 0.6 is 0 Å². The van der Waals surface area contributed by atoms with E-state index >= 15 is 0 Å². The molecular weight excluding hydrogens is 242 g/mol. The summed E-state index contributed by atoms with van der Waals surface area (Å²) < 4.78 is 10.4. The molecule has 19 heavy (non-hydrogen) atoms. The number of rotatable bonds is 5. The second kappa shape index (κ2) is 6.57. The highest BCUT2D eigenvalue weighted by Gasteiger charge is 2.18. The highest BCUT2D eigenvalue weighted by atomic mass is 16.5. The SMILES string of the molecule is CNC(COc1ccc2c(c1)CCCC2)C(=O)OC. The van der Waals surface area contributed by atoms with E-state index in [1.165, 1.54) is 31.1 Å². The van der Waals surface area contributed by atoms with E-state index in [-0.39, 0.29) is 12.6 Å². The summed E-state index contributed by atoms with van der Waals surface area (Å²) in [4.78, 5) is 11.4. The van der Waals surface area contributed by atoms with Gasteiger partial charge in [0, 0.05) is 0 Å². The van der Waals surface area contributed by atoms with Crippen LogP contribution in [0.3, 0.4) is 0 Å². The number of likely N-dealkylation sites (N-methyl/N-ethyl adjacent to an activating group) is 1. The summed E-state index contributed by atoms with van der Waals surface area (Å²) in [6.45, 7) is 0.280. The first-order valence-corrected chi connectivity index (χ1v) is 6.74. The molecular formula is C15H21NO3. The topological polar surface area (TPSA) is 47.6 Å². The zero-order valence-corrected chi connectivity index (χ0v) is 11.6. The van der Waals surface area contributed by atoms with Crippen molar-refractivity contribution in [2.45, 2.75) is 31.7 Å². The number of carbonyl (C=O) groups is 1. The van der Waals surface area contributed by atoms with E-state index in [4.69, 9.17) is 9.47 Å². The third-order valence-corrected chi connectivity index (χ3v) is 3.57. The fraction of sp³-hybridized carbons (Fsp3) is 0.533. The molecule has 1 atom stereocenters. The number of carbonyl (C=O) groups excluding carboxylic acids is 1. The van der Waals surface area contributed by atoms with Crippen molar-refractivity contribution in [1.29, 1.82) is 0 Å². The Bertz CT molecular complexity index is 445. The lowest BCUT2D eigenvalue weighted by molar-refractivity contribution is -0.143. The molecule has 1 unspecified atom stereocenters. The zero-order valence-electron chi connectivity index (χ0n) is 11.6. The minimum Gasteiger partial charge on any atom is -0.491 e. The Labute approximate surface area is 114 Å². The van der Waals surface area contributed by atoms with E-state index in [2.05, 4.69) is 17.4 Å². The van der Waals surface area contributed by atoms with Crippen LogP contribution in [0.15, 0.2) is 18.2 Å². The predicted octanol–water partition coefficient (Wildman–Crippen LogP) is 1.71. The van der Waals surface area contributed by atoms with Crippen LogP contribution in [0.5, 0.6) is 5.75 Å². The molecule has 1 aromatic rings. The number of hydrogen-bond acceptors (Lipinski definition) is 4. The van der Waals surface area contributed by atoms with E-state index in [1.807, 2.05) is 6.07 Å². The number of nitrogens with one attached hydrogen (secondary N) is 1. The Kier molecular flexibility index (Phi) is 4.80. The van der Waals surface area contributed by atoms with Crippen molar-refractivity contribution in [3.63, 3.8) is 0 Å². The molecule has 0 spiro atoms. The second-order valence-electron chi connectivity index (χ2n) is 4.81. The van der Waals surface area contributed by atoms with Crippen LogP contribution in [0.4, 0.5) is 0 Å². The first-order valence-electron chi connectivity index (χ1n) is 6.74. The average molecular weight is 263 g/mol. The fourth-order valence-electron chi connectivity index (χ4n) is 2.39. The molecule has 0 aromatic heterocycles. The lowest BCUT2D eigenvalue weighted by Crippen LogP contribution is -2.40. The monoisotopic (exact) mass is 263 g/mol. The number of hydrogen-bond donors (Lipinski definition) is 1. The quantitative estimate of drug-likeness (QED) is 0.822. The molecule has 0 saturated heterocycles. The summed E-state index contributed by atoms with van der Waals surface area (Å²) in [6.07, 6.45) is 4.81. The Morgan fingerprint density at radius 3 is 2.74 bits per heavy atom. The van der Waals surface area contributed by atoms with Crippen LogP contribution in [-0.4, -0.2) is 32.8 Å². The van der Waals surface area contributed by atoms with Crippen molar-refractivity contribution in [3.8, 4) is 5.75 Å². The maximum Gasteiger partial charge on any atom is 0.326 e. The summed E-state index contributed by atoms with van der Waals surface area (Å²) in [6, 6.07) is 5.78. The molecule has 0 aliphatic heterocycles. The van der Waals surface area contributed by atoms with Crippen molar-refractivity contribution in [1.82, 2.24) is 5.32 Å². The molecule has 0 saturated carbocycles. The van der Waals surface area contributed by atoms with Crippen molar-refractivity contribution < 1.29 is 14.3 Å². The number of aryl methyl sites for hydroxylation is 2. The summed E-state index contributed by atoms with van der Waals surface area (Å²) >= 11 is 0. The smallest absolute Gasteiger partial charge is 0.326 e. The van der Waals surface area contributed by atoms with Crippen molar-refractivity contribution in [2.24, 2.45) is 0 Å². The van der Waals surface area contributed by atoms with E-state index in [0.717, 1.165) is 18.6 Å². The van der Waals surface area contributed by atoms with Crippen LogP contribution in [0.25, 0.3) is 0 Å². The second-order valence-corrected chi connectivity index (χ2v) is 4.81. The van der Waals surface area contributed by atoms with Crippen LogP contribution in [0.2, 0.25) is 0 Å². The fourth-order valence-corrected chi connectivity index (χ4v) is 2.39. The van der Waals surface area contributed by atoms with Gasteiger partial charge in [0.05, 0.1) is 7.11 Å². The first kappa shape index (κ1) is 13.9. The molecule has 1 aliphatic carbocycles. The summed E-state index contributed by atoms with van der Waals surface area (Å²) in [5, 5.41) is 2.89. The van der Waals surface area contributed by atoms with Gasteiger partial charge in [-0.3, -0.25) is 4.79 Å². The first-order chi connectivity index (χ1) is 9.24. The number of ether oxygens (including phenoxy) is 2. The van der Waals surface area contributed by atoms with Gasteiger partial charge in [-0.05, 0) is 56.0 Å². The van der Waals surface area contributed by atoms with Gasteiger partial charge in [-0.15, -0.1) is 0 Å². The Balaban J connectivity index is 1.97. The lowest BCUT2D eigenvalue weighted by atomic mass is 9.92. The van der Waals surface area contributed by atoms with Crippen molar-refractivity contribution in [2.75, 3.05) is 20.8 Å². The third-order valence-electron chi connectivity index (χ3n) is 3.57. The number of benzene rings is 1. The van der Waals surface area contributed by atoms with E-state index in [9.17, 15) is 4.79 Å². The maximum atomic E-state index is 11.4. The Hall–Kier alpha value is -1.55. The van der Waals surface area contributed by atoms with Gasteiger partial charge in [-0.2, -0.15) is 0 Å². The molecule has 0 heterocycles. The number of methoxy groups -OCH3 is 1. The molecule has 2 rings (SSSR count). The largest absolute Gasteiger partial charge is 0.491 e. The molecule has 0 amide bonds. The maximum absolute atomic E-state index is 11.4. The molecule has 1 aromatic carbocycles. The van der Waals surface area contributed by atoms with Gasteiger partial charge in [0.2, 0.25) is 0 Å². The predicted molar refractivity (Wildman–Crippen MR) is 73.4 cm³/mol. The normalized spacial score (nSPS) is 15.5. The average Bonchev–Trinajstić information content (AvgIpc) is 2.47. The molecule has 0 fully saturated rings. The number of esters is 1. The van der Waals surface area contributed by atoms with Crippen molar-refractivity contribution in [3.05, 3.63) is 29.3 Å². The van der Waals surface area contributed by atoms with Crippen LogP contribution in [0, 0.1) is 0 Å². The minimum atomic E-state index is -0.430. The molecule has 104 valence electrons. The molecule has 4 nitrogen and oxygen atoms in total. The van der Waals surface area contributed by atoms with E-state index < -0.39 is 6.04 Å². The summed E-state index contributed by atoms with van der Waals surface area (Å²) in [7, 11) is 3.10. The number of fused-ring (bicyclic) bond motifs is 1. The molecule has 0 radical (unpaired) electrons. The van der Waals surface area contributed by atoms with Gasteiger partial charge in [0.25, 0.3) is 0 Å². The Morgan fingerprint density at radius 2 is 2.05 bits per heavy atom. The van der Waals surface area contributed by atoms with Gasteiger partial charge in [-0.1, -0.05) is 6.07 Å². The van der Waals surface area contributed by atoms with Gasteiger partial charge in [0.1, 0.15) is 18.4 Å². The lowest BCUT2D eigenvalue weighted by Gasteiger charge is -2.18. The molecule has 4 heteroatoms. The Morgan fingerprint density at radius 1 is 1.32 bits per heavy atom. The molecule has 1 N–H and O–H groups in total. The zero-order chi connectivity index (χ0) is 13.7. The minimum absolute atomic E-state index is 0.280. The van der Waals surface area contributed by atoms with Crippen LogP contribution < -0.4 is 10.1 Å². The van der Waals surface area contributed by atoms with Gasteiger partial charge < -0.3 is 14.8 Å². The standard InChI is InChI=1S/C15H21NO3/c1-16-14(15(17)18-2)10-19-13-8-7-11-5-3-4-6-12(11)9-13/h7-9,14,16H,3-6,10H2,1-2H3. The van der Waals surface area contributed by atoms with Gasteiger partial charge in [0.15, 0.2) is 0 Å². The van der Waals surface area contributed by atoms with E-state index in [1.54, 1.807) is 7.05 Å². The van der Waals surface area contributed by atoms with Gasteiger partial charge >= 0.3 is 5.97 Å². The summed E-state index contributed by atoms with van der Waals surface area (Å²) in [5.74, 6) is 0.519.